The predicted octanol–water partition coefficient (Wildman–Crippen LogP) is 2.51. The minimum atomic E-state index is -0.726. The standard InChI is InChI=1S/C16H20O2/c1-11(2)5-7-13-9-15(17)10-14(16(13)18)8-6-12(3)4/h6,9-10,15-18H,1,8H2,2-4H3/t15-,16-/m1/s1. The first kappa shape index (κ1) is 14.5. The van der Waals surface area contributed by atoms with Gasteiger partial charge in [-0.15, -0.1) is 0 Å². The van der Waals surface area contributed by atoms with Crippen LogP contribution in [-0.2, 0) is 0 Å². The summed E-state index contributed by atoms with van der Waals surface area (Å²) in [5.41, 5.74) is 3.25. The molecule has 1 rings (SSSR count). The molecule has 96 valence electrons. The summed E-state index contributed by atoms with van der Waals surface area (Å²) in [6, 6.07) is 0. The minimum Gasteiger partial charge on any atom is -0.385 e. The highest BCUT2D eigenvalue weighted by molar-refractivity contribution is 5.46. The van der Waals surface area contributed by atoms with Crippen molar-refractivity contribution in [1.29, 1.82) is 0 Å². The monoisotopic (exact) mass is 244 g/mol. The molecule has 0 heterocycles. The van der Waals surface area contributed by atoms with Crippen LogP contribution in [-0.4, -0.2) is 22.4 Å². The molecule has 2 atom stereocenters. The molecule has 0 unspecified atom stereocenters. The molecule has 1 aliphatic rings. The summed E-state index contributed by atoms with van der Waals surface area (Å²) in [5, 5.41) is 19.9. The Morgan fingerprint density at radius 2 is 2.00 bits per heavy atom. The van der Waals surface area contributed by atoms with Crippen molar-refractivity contribution in [3.8, 4) is 11.8 Å². The Morgan fingerprint density at radius 3 is 2.56 bits per heavy atom. The first-order valence-corrected chi connectivity index (χ1v) is 5.99. The van der Waals surface area contributed by atoms with Gasteiger partial charge in [-0.1, -0.05) is 30.1 Å². The quantitative estimate of drug-likeness (QED) is 0.579. The first-order chi connectivity index (χ1) is 8.40. The number of rotatable bonds is 2. The lowest BCUT2D eigenvalue weighted by Gasteiger charge is -2.20. The number of allylic oxidation sites excluding steroid dienone is 3. The summed E-state index contributed by atoms with van der Waals surface area (Å²) >= 11 is 0. The van der Waals surface area contributed by atoms with Crippen LogP contribution in [0.2, 0.25) is 0 Å². The zero-order valence-electron chi connectivity index (χ0n) is 11.2. The van der Waals surface area contributed by atoms with Crippen LogP contribution in [0.5, 0.6) is 0 Å². The highest BCUT2D eigenvalue weighted by Gasteiger charge is 2.20. The number of aliphatic hydroxyl groups is 2. The van der Waals surface area contributed by atoms with Gasteiger partial charge in [0.2, 0.25) is 0 Å². The summed E-state index contributed by atoms with van der Waals surface area (Å²) in [7, 11) is 0. The zero-order chi connectivity index (χ0) is 13.7. The van der Waals surface area contributed by atoms with E-state index < -0.39 is 12.2 Å². The topological polar surface area (TPSA) is 40.5 Å². The van der Waals surface area contributed by atoms with Gasteiger partial charge in [0.1, 0.15) is 6.10 Å². The molecule has 2 N–H and O–H groups in total. The Balaban J connectivity index is 2.90. The van der Waals surface area contributed by atoms with Gasteiger partial charge in [-0.2, -0.15) is 0 Å². The van der Waals surface area contributed by atoms with Crippen molar-refractivity contribution in [2.24, 2.45) is 0 Å². The van der Waals surface area contributed by atoms with Crippen LogP contribution in [0.3, 0.4) is 0 Å². The second-order valence-electron chi connectivity index (χ2n) is 4.77. The molecule has 1 aliphatic carbocycles. The highest BCUT2D eigenvalue weighted by atomic mass is 16.3. The third-order valence-electron chi connectivity index (χ3n) is 2.55. The van der Waals surface area contributed by atoms with E-state index in [1.807, 2.05) is 19.9 Å². The van der Waals surface area contributed by atoms with Gasteiger partial charge in [-0.25, -0.2) is 0 Å². The van der Waals surface area contributed by atoms with Gasteiger partial charge in [-0.05, 0) is 50.5 Å². The fourth-order valence-electron chi connectivity index (χ4n) is 1.62. The SMILES string of the molecule is C=C(C)C#CC1=C[C@@H](O)C=C(CC=C(C)C)[C@@H]1O. The Labute approximate surface area is 109 Å². The molecule has 0 aromatic carbocycles. The van der Waals surface area contributed by atoms with Crippen LogP contribution < -0.4 is 0 Å². The summed E-state index contributed by atoms with van der Waals surface area (Å²) < 4.78 is 0. The largest absolute Gasteiger partial charge is 0.385 e. The normalized spacial score (nSPS) is 22.3. The number of aliphatic hydroxyl groups excluding tert-OH is 2. The molecule has 0 spiro atoms. The maximum absolute atomic E-state index is 10.2. The van der Waals surface area contributed by atoms with Gasteiger partial charge in [0.25, 0.3) is 0 Å². The molecule has 18 heavy (non-hydrogen) atoms. The second-order valence-corrected chi connectivity index (χ2v) is 4.77. The van der Waals surface area contributed by atoms with Crippen molar-refractivity contribution in [3.63, 3.8) is 0 Å². The van der Waals surface area contributed by atoms with E-state index in [9.17, 15) is 10.2 Å². The van der Waals surface area contributed by atoms with Gasteiger partial charge in [0.15, 0.2) is 0 Å². The van der Waals surface area contributed by atoms with Gasteiger partial charge in [0.05, 0.1) is 6.10 Å². The molecule has 0 aromatic heterocycles. The molecule has 0 radical (unpaired) electrons. The lowest BCUT2D eigenvalue weighted by atomic mass is 9.91. The van der Waals surface area contributed by atoms with Gasteiger partial charge in [0, 0.05) is 5.57 Å². The molecule has 0 amide bonds. The lowest BCUT2D eigenvalue weighted by Crippen LogP contribution is -2.21. The van der Waals surface area contributed by atoms with Crippen LogP contribution >= 0.6 is 0 Å². The number of hydrogen-bond donors (Lipinski definition) is 2. The van der Waals surface area contributed by atoms with Crippen LogP contribution in [0.25, 0.3) is 0 Å². The number of hydrogen-bond acceptors (Lipinski definition) is 2. The van der Waals surface area contributed by atoms with E-state index in [4.69, 9.17) is 0 Å². The van der Waals surface area contributed by atoms with E-state index in [1.165, 1.54) is 5.57 Å². The first-order valence-electron chi connectivity index (χ1n) is 5.99. The van der Waals surface area contributed by atoms with E-state index in [0.717, 1.165) is 11.1 Å². The Morgan fingerprint density at radius 1 is 1.33 bits per heavy atom. The molecule has 0 aromatic rings. The Hall–Kier alpha value is -1.56. The van der Waals surface area contributed by atoms with Crippen molar-refractivity contribution in [1.82, 2.24) is 0 Å². The van der Waals surface area contributed by atoms with Crippen molar-refractivity contribution in [3.05, 3.63) is 47.1 Å². The lowest BCUT2D eigenvalue weighted by molar-refractivity contribution is 0.222. The van der Waals surface area contributed by atoms with Crippen LogP contribution in [0, 0.1) is 11.8 Å². The maximum atomic E-state index is 10.2. The molecule has 0 saturated heterocycles. The summed E-state index contributed by atoms with van der Waals surface area (Å²) in [6.45, 7) is 9.51. The smallest absolute Gasteiger partial charge is 0.108 e. The third kappa shape index (κ3) is 4.37. The summed E-state index contributed by atoms with van der Waals surface area (Å²) in [6.07, 6.45) is 4.51. The van der Waals surface area contributed by atoms with Crippen molar-refractivity contribution in [2.75, 3.05) is 0 Å². The molecular formula is C16H20O2. The van der Waals surface area contributed by atoms with Crippen molar-refractivity contribution < 1.29 is 10.2 Å². The average molecular weight is 244 g/mol. The summed E-state index contributed by atoms with van der Waals surface area (Å²) in [4.78, 5) is 0. The van der Waals surface area contributed by atoms with Crippen LogP contribution in [0.4, 0.5) is 0 Å². The van der Waals surface area contributed by atoms with Crippen molar-refractivity contribution in [2.45, 2.75) is 39.4 Å². The fraction of sp³-hybridized carbons (Fsp3) is 0.375. The van der Waals surface area contributed by atoms with Gasteiger partial charge in [-0.3, -0.25) is 0 Å². The molecule has 0 bridgehead atoms. The molecule has 2 heteroatoms. The highest BCUT2D eigenvalue weighted by Crippen LogP contribution is 2.22. The van der Waals surface area contributed by atoms with E-state index in [0.29, 0.717) is 12.0 Å². The van der Waals surface area contributed by atoms with E-state index in [1.54, 1.807) is 19.1 Å². The van der Waals surface area contributed by atoms with Gasteiger partial charge < -0.3 is 10.2 Å². The Bertz CT molecular complexity index is 477. The maximum Gasteiger partial charge on any atom is 0.108 e. The molecular weight excluding hydrogens is 224 g/mol. The van der Waals surface area contributed by atoms with Crippen LogP contribution in [0.15, 0.2) is 47.1 Å². The van der Waals surface area contributed by atoms with Crippen molar-refractivity contribution >= 4 is 0 Å². The second kappa shape index (κ2) is 6.39. The van der Waals surface area contributed by atoms with Gasteiger partial charge >= 0.3 is 0 Å². The average Bonchev–Trinajstić information content (AvgIpc) is 2.27. The Kier molecular flexibility index (Phi) is 5.15. The zero-order valence-corrected chi connectivity index (χ0v) is 11.2. The fourth-order valence-corrected chi connectivity index (χ4v) is 1.62. The van der Waals surface area contributed by atoms with E-state index >= 15 is 0 Å². The third-order valence-corrected chi connectivity index (χ3v) is 2.55. The molecule has 2 nitrogen and oxygen atoms in total. The van der Waals surface area contributed by atoms with E-state index in [2.05, 4.69) is 18.4 Å². The minimum absolute atomic E-state index is 0.546. The summed E-state index contributed by atoms with van der Waals surface area (Å²) in [5.74, 6) is 5.68. The molecule has 0 aliphatic heterocycles. The molecule has 0 fully saturated rings. The van der Waals surface area contributed by atoms with E-state index in [-0.39, 0.29) is 0 Å². The molecule has 0 saturated carbocycles. The van der Waals surface area contributed by atoms with Crippen LogP contribution in [0.1, 0.15) is 27.2 Å². The predicted molar refractivity (Wildman–Crippen MR) is 74.8 cm³/mol.